The zero-order valence-corrected chi connectivity index (χ0v) is 18.4. The van der Waals surface area contributed by atoms with E-state index in [1.807, 2.05) is 0 Å². The fourth-order valence-electron chi connectivity index (χ4n) is 6.64. The maximum atomic E-state index is 2.61. The maximum absolute atomic E-state index is 2.61. The third-order valence-corrected chi connectivity index (χ3v) is 9.10. The van der Waals surface area contributed by atoms with Gasteiger partial charge in [0, 0.05) is 5.41 Å². The molecule has 2 aliphatic carbocycles. The first-order valence-corrected chi connectivity index (χ1v) is 13.3. The van der Waals surface area contributed by atoms with Gasteiger partial charge in [-0.3, -0.25) is 0 Å². The lowest BCUT2D eigenvalue weighted by molar-refractivity contribution is -0.0852. The minimum atomic E-state index is -1.40. The standard InChI is InChI=1S/C23H36Si/c1-10-16-12-18-14-20(24(7,8)9)23(19(18)13-17(16)11-2)21(3,4)15-22(23,5)6/h12-14H,10-11,15H2,1-9H3. The summed E-state index contributed by atoms with van der Waals surface area (Å²) in [5.74, 6) is 0. The molecule has 0 unspecified atom stereocenters. The maximum Gasteiger partial charge on any atom is 0.0736 e. The van der Waals surface area contributed by atoms with Crippen molar-refractivity contribution in [2.24, 2.45) is 10.8 Å². The molecule has 0 atom stereocenters. The van der Waals surface area contributed by atoms with Crippen molar-refractivity contribution in [2.75, 3.05) is 0 Å². The van der Waals surface area contributed by atoms with Crippen LogP contribution in [0, 0.1) is 10.8 Å². The van der Waals surface area contributed by atoms with Crippen LogP contribution in [-0.2, 0) is 18.3 Å². The molecular formula is C23H36Si. The van der Waals surface area contributed by atoms with Crippen molar-refractivity contribution in [3.05, 3.63) is 39.6 Å². The molecule has 0 nitrogen and oxygen atoms in total. The van der Waals surface area contributed by atoms with Crippen molar-refractivity contribution < 1.29 is 0 Å². The summed E-state index contributed by atoms with van der Waals surface area (Å²) >= 11 is 0. The van der Waals surface area contributed by atoms with Gasteiger partial charge in [-0.05, 0) is 52.3 Å². The van der Waals surface area contributed by atoms with E-state index >= 15 is 0 Å². The summed E-state index contributed by atoms with van der Waals surface area (Å²) in [7, 11) is -1.40. The Morgan fingerprint density at radius 2 is 1.38 bits per heavy atom. The Labute approximate surface area is 150 Å². The third-order valence-electron chi connectivity index (χ3n) is 6.96. The summed E-state index contributed by atoms with van der Waals surface area (Å²) in [4.78, 5) is 0. The monoisotopic (exact) mass is 340 g/mol. The molecule has 0 N–H and O–H groups in total. The highest BCUT2D eigenvalue weighted by Gasteiger charge is 2.70. The quantitative estimate of drug-likeness (QED) is 0.532. The van der Waals surface area contributed by atoms with Gasteiger partial charge in [0.15, 0.2) is 0 Å². The van der Waals surface area contributed by atoms with Gasteiger partial charge in [-0.2, -0.15) is 0 Å². The van der Waals surface area contributed by atoms with Crippen molar-refractivity contribution in [1.82, 2.24) is 0 Å². The van der Waals surface area contributed by atoms with Gasteiger partial charge in [-0.25, -0.2) is 0 Å². The van der Waals surface area contributed by atoms with Gasteiger partial charge in [-0.1, -0.05) is 84.6 Å². The van der Waals surface area contributed by atoms with Crippen molar-refractivity contribution in [3.8, 4) is 0 Å². The molecule has 0 amide bonds. The molecule has 2 aliphatic rings. The van der Waals surface area contributed by atoms with E-state index in [0.717, 1.165) is 12.8 Å². The highest BCUT2D eigenvalue weighted by Crippen LogP contribution is 2.74. The second-order valence-electron chi connectivity index (χ2n) is 10.4. The molecule has 132 valence electrons. The van der Waals surface area contributed by atoms with Crippen molar-refractivity contribution >= 4 is 14.1 Å². The van der Waals surface area contributed by atoms with Crippen LogP contribution in [0.1, 0.15) is 70.2 Å². The van der Waals surface area contributed by atoms with E-state index in [4.69, 9.17) is 0 Å². The average molecular weight is 341 g/mol. The fourth-order valence-corrected chi connectivity index (χ4v) is 9.16. The van der Waals surface area contributed by atoms with Crippen LogP contribution in [0.3, 0.4) is 0 Å². The molecule has 3 rings (SSSR count). The number of hydrogen-bond acceptors (Lipinski definition) is 0. The lowest BCUT2D eigenvalue weighted by atomic mass is 9.37. The summed E-state index contributed by atoms with van der Waals surface area (Å²) in [6, 6.07) is 5.12. The van der Waals surface area contributed by atoms with Crippen LogP contribution in [0.2, 0.25) is 19.6 Å². The molecule has 0 radical (unpaired) electrons. The van der Waals surface area contributed by atoms with Crippen LogP contribution in [0.5, 0.6) is 0 Å². The summed E-state index contributed by atoms with van der Waals surface area (Å²) in [6.07, 6.45) is 6.23. The zero-order chi connectivity index (χ0) is 18.1. The van der Waals surface area contributed by atoms with Gasteiger partial charge < -0.3 is 0 Å². The normalized spacial score (nSPS) is 23.0. The Balaban J connectivity index is 2.36. The number of benzene rings is 1. The fraction of sp³-hybridized carbons (Fsp3) is 0.652. The molecule has 0 aromatic heterocycles. The second kappa shape index (κ2) is 5.10. The minimum Gasteiger partial charge on any atom is -0.0691 e. The molecule has 0 bridgehead atoms. The molecule has 1 fully saturated rings. The van der Waals surface area contributed by atoms with Gasteiger partial charge in [0.2, 0.25) is 0 Å². The van der Waals surface area contributed by atoms with Gasteiger partial charge in [0.25, 0.3) is 0 Å². The van der Waals surface area contributed by atoms with E-state index < -0.39 is 8.07 Å². The lowest BCUT2D eigenvalue weighted by Crippen LogP contribution is -2.66. The summed E-state index contributed by atoms with van der Waals surface area (Å²) in [5, 5.41) is 1.79. The molecule has 0 aliphatic heterocycles. The Kier molecular flexibility index (Phi) is 3.82. The number of allylic oxidation sites excluding steroid dienone is 1. The number of fused-ring (bicyclic) bond motifs is 2. The molecule has 24 heavy (non-hydrogen) atoms. The van der Waals surface area contributed by atoms with E-state index in [9.17, 15) is 0 Å². The van der Waals surface area contributed by atoms with Crippen LogP contribution < -0.4 is 0 Å². The molecular weight excluding hydrogens is 304 g/mol. The molecule has 1 aromatic carbocycles. The topological polar surface area (TPSA) is 0 Å². The van der Waals surface area contributed by atoms with Crippen LogP contribution in [0.15, 0.2) is 17.3 Å². The van der Waals surface area contributed by atoms with Gasteiger partial charge >= 0.3 is 0 Å². The predicted octanol–water partition coefficient (Wildman–Crippen LogP) is 6.78. The van der Waals surface area contributed by atoms with Crippen LogP contribution in [0.25, 0.3) is 6.08 Å². The average Bonchev–Trinajstić information content (AvgIpc) is 2.81. The Morgan fingerprint density at radius 3 is 1.79 bits per heavy atom. The van der Waals surface area contributed by atoms with E-state index in [2.05, 4.69) is 79.4 Å². The van der Waals surface area contributed by atoms with Crippen LogP contribution >= 0.6 is 0 Å². The zero-order valence-electron chi connectivity index (χ0n) is 17.4. The highest BCUT2D eigenvalue weighted by atomic mass is 28.3. The largest absolute Gasteiger partial charge is 0.0736 e. The van der Waals surface area contributed by atoms with Crippen LogP contribution in [0.4, 0.5) is 0 Å². The van der Waals surface area contributed by atoms with Crippen molar-refractivity contribution in [3.63, 3.8) is 0 Å². The first kappa shape index (κ1) is 18.0. The Hall–Kier alpha value is -0.823. The van der Waals surface area contributed by atoms with Gasteiger partial charge in [0.1, 0.15) is 0 Å². The first-order valence-electron chi connectivity index (χ1n) is 9.81. The third kappa shape index (κ3) is 2.03. The van der Waals surface area contributed by atoms with Crippen LogP contribution in [-0.4, -0.2) is 8.07 Å². The smallest absolute Gasteiger partial charge is 0.0691 e. The molecule has 0 saturated heterocycles. The summed E-state index contributed by atoms with van der Waals surface area (Å²) < 4.78 is 0. The van der Waals surface area contributed by atoms with Crippen molar-refractivity contribution in [1.29, 1.82) is 0 Å². The highest BCUT2D eigenvalue weighted by molar-refractivity contribution is 6.84. The minimum absolute atomic E-state index is 0.246. The molecule has 1 heteroatoms. The van der Waals surface area contributed by atoms with E-state index in [-0.39, 0.29) is 5.41 Å². The molecule has 0 heterocycles. The van der Waals surface area contributed by atoms with E-state index in [1.165, 1.54) is 12.0 Å². The van der Waals surface area contributed by atoms with Gasteiger partial charge in [0.05, 0.1) is 8.07 Å². The van der Waals surface area contributed by atoms with E-state index in [1.54, 1.807) is 21.9 Å². The second-order valence-corrected chi connectivity index (χ2v) is 15.5. The Morgan fingerprint density at radius 1 is 0.875 bits per heavy atom. The lowest BCUT2D eigenvalue weighted by Gasteiger charge is -2.69. The molecule has 1 aromatic rings. The first-order chi connectivity index (χ1) is 10.9. The van der Waals surface area contributed by atoms with E-state index in [0.29, 0.717) is 10.8 Å². The molecule has 1 spiro atoms. The summed E-state index contributed by atoms with van der Waals surface area (Å²) in [6.45, 7) is 22.3. The SMILES string of the molecule is CCc1cc2c(cc1CC)C1(C([Si](C)(C)C)=C2)C(C)(C)CC1(C)C. The van der Waals surface area contributed by atoms with Gasteiger partial charge in [-0.15, -0.1) is 0 Å². The molecule has 1 saturated carbocycles. The van der Waals surface area contributed by atoms with Crippen molar-refractivity contribution in [2.45, 2.75) is 85.9 Å². The number of aryl methyl sites for hydroxylation is 2. The summed E-state index contributed by atoms with van der Waals surface area (Å²) in [5.41, 5.74) is 7.25. The number of rotatable bonds is 3. The Bertz CT molecular complexity index is 696. The predicted molar refractivity (Wildman–Crippen MR) is 110 cm³/mol. The number of hydrogen-bond donors (Lipinski definition) is 0.